The molecule has 1 heterocycles. The fraction of sp³-hybridized carbons (Fsp3) is 1.00. The number of aliphatic hydroxyl groups is 3. The van der Waals surface area contributed by atoms with Crippen molar-refractivity contribution in [1.29, 1.82) is 0 Å². The smallest absolute Gasteiger partial charge is 0.152 e. The third-order valence-corrected chi connectivity index (χ3v) is 0.333. The van der Waals surface area contributed by atoms with E-state index in [4.69, 9.17) is 15.3 Å². The number of rotatable bonds is 0. The van der Waals surface area contributed by atoms with E-state index in [1.165, 1.54) is 0 Å². The molecule has 1 aliphatic rings. The van der Waals surface area contributed by atoms with Crippen molar-refractivity contribution < 1.29 is 24.8 Å². The summed E-state index contributed by atoms with van der Waals surface area (Å²) in [5.41, 5.74) is 0. The van der Waals surface area contributed by atoms with Crippen LogP contribution in [0.1, 0.15) is 6.92 Å². The first-order chi connectivity index (χ1) is 4.83. The van der Waals surface area contributed by atoms with Crippen molar-refractivity contribution in [3.05, 3.63) is 0 Å². The van der Waals surface area contributed by atoms with Gasteiger partial charge in [0.1, 0.15) is 6.79 Å². The van der Waals surface area contributed by atoms with Crippen LogP contribution in [0.15, 0.2) is 0 Å². The van der Waals surface area contributed by atoms with Gasteiger partial charge in [-0.05, 0) is 6.92 Å². The normalized spacial score (nSPS) is 13.2. The molecule has 10 heavy (non-hydrogen) atoms. The van der Waals surface area contributed by atoms with Gasteiger partial charge in [-0.25, -0.2) is 0 Å². The maximum absolute atomic E-state index is 7.57. The van der Waals surface area contributed by atoms with Crippen LogP contribution in [-0.2, 0) is 9.47 Å². The van der Waals surface area contributed by atoms with Crippen LogP contribution < -0.4 is 0 Å². The molecule has 0 aromatic carbocycles. The molecule has 5 heteroatoms. The predicted molar refractivity (Wildman–Crippen MR) is 34.0 cm³/mol. The van der Waals surface area contributed by atoms with Gasteiger partial charge in [-0.15, -0.1) is 0 Å². The highest BCUT2D eigenvalue weighted by atomic mass is 16.8. The molecule has 0 unspecified atom stereocenters. The van der Waals surface area contributed by atoms with Gasteiger partial charge in [0.15, 0.2) is 13.6 Å². The van der Waals surface area contributed by atoms with E-state index in [1.807, 2.05) is 0 Å². The van der Waals surface area contributed by atoms with Crippen LogP contribution in [0.5, 0.6) is 0 Å². The topological polar surface area (TPSA) is 79.2 Å². The Bertz CT molecular complexity index is 31.0. The van der Waals surface area contributed by atoms with Gasteiger partial charge in [0.25, 0.3) is 0 Å². The Morgan fingerprint density at radius 3 is 1.20 bits per heavy atom. The van der Waals surface area contributed by atoms with Crippen molar-refractivity contribution >= 4 is 0 Å². The molecule has 0 spiro atoms. The lowest BCUT2D eigenvalue weighted by Gasteiger charge is -2.10. The molecule has 1 fully saturated rings. The summed E-state index contributed by atoms with van der Waals surface area (Å²) in [6, 6.07) is 0. The third kappa shape index (κ3) is 25.0. The first-order valence-corrected chi connectivity index (χ1v) is 2.81. The highest BCUT2D eigenvalue weighted by Crippen LogP contribution is 1.87. The quantitative estimate of drug-likeness (QED) is 0.385. The fourth-order valence-electron chi connectivity index (χ4n) is 0.0833. The van der Waals surface area contributed by atoms with Gasteiger partial charge in [-0.3, -0.25) is 0 Å². The van der Waals surface area contributed by atoms with Gasteiger partial charge in [-0.2, -0.15) is 0 Å². The molecule has 1 rings (SSSR count). The molecule has 64 valence electrons. The van der Waals surface area contributed by atoms with Crippen molar-refractivity contribution in [2.24, 2.45) is 0 Å². The van der Waals surface area contributed by atoms with Gasteiger partial charge in [0.05, 0.1) is 0 Å². The van der Waals surface area contributed by atoms with Crippen LogP contribution in [-0.4, -0.2) is 42.3 Å². The molecular weight excluding hydrogens is 140 g/mol. The van der Waals surface area contributed by atoms with E-state index in [2.05, 4.69) is 9.47 Å². The molecular formula is C5H14O5. The van der Waals surface area contributed by atoms with Crippen LogP contribution in [0.2, 0.25) is 0 Å². The first-order valence-electron chi connectivity index (χ1n) is 2.81. The number of aliphatic hydroxyl groups excluding tert-OH is 2. The Kier molecular flexibility index (Phi) is 19.9. The Hall–Kier alpha value is -0.200. The van der Waals surface area contributed by atoms with Gasteiger partial charge >= 0.3 is 0 Å². The minimum absolute atomic E-state index is 0.250. The summed E-state index contributed by atoms with van der Waals surface area (Å²) < 4.78 is 9.00. The fourth-order valence-corrected chi connectivity index (χ4v) is 0.0833. The summed E-state index contributed by atoms with van der Waals surface area (Å²) in [6.07, 6.45) is 0. The SMILES string of the molecule is C1OCO1.CCO.OCO. The van der Waals surface area contributed by atoms with Crippen LogP contribution in [0.4, 0.5) is 0 Å². The maximum atomic E-state index is 7.57. The summed E-state index contributed by atoms with van der Waals surface area (Å²) in [4.78, 5) is 0. The van der Waals surface area contributed by atoms with E-state index in [0.717, 1.165) is 0 Å². The summed E-state index contributed by atoms with van der Waals surface area (Å²) in [5.74, 6) is 0. The van der Waals surface area contributed by atoms with E-state index in [9.17, 15) is 0 Å². The summed E-state index contributed by atoms with van der Waals surface area (Å²) in [7, 11) is 0. The lowest BCUT2D eigenvalue weighted by atomic mass is 10.9. The standard InChI is InChI=1S/C2H4O2.C2H6O.CH4O2/c1-3-2-4-1;1-2-3;2-1-3/h1-2H2;3H,2H2,1H3;2-3H,1H2. The van der Waals surface area contributed by atoms with Crippen molar-refractivity contribution in [2.45, 2.75) is 6.92 Å². The van der Waals surface area contributed by atoms with Gasteiger partial charge < -0.3 is 24.8 Å². The molecule has 0 radical (unpaired) electrons. The second-order valence-electron chi connectivity index (χ2n) is 1.10. The molecule has 1 aliphatic heterocycles. The molecule has 0 aromatic heterocycles. The van der Waals surface area contributed by atoms with E-state index >= 15 is 0 Å². The summed E-state index contributed by atoms with van der Waals surface area (Å²) in [6.45, 7) is 2.18. The van der Waals surface area contributed by atoms with Crippen molar-refractivity contribution in [1.82, 2.24) is 0 Å². The average molecular weight is 154 g/mol. The molecule has 0 atom stereocenters. The number of hydrogen-bond acceptors (Lipinski definition) is 5. The van der Waals surface area contributed by atoms with Crippen molar-refractivity contribution in [3.63, 3.8) is 0 Å². The van der Waals surface area contributed by atoms with Crippen molar-refractivity contribution in [2.75, 3.05) is 27.0 Å². The van der Waals surface area contributed by atoms with E-state index in [-0.39, 0.29) is 6.61 Å². The van der Waals surface area contributed by atoms with E-state index in [0.29, 0.717) is 13.6 Å². The minimum Gasteiger partial charge on any atom is -0.397 e. The highest BCUT2D eigenvalue weighted by molar-refractivity contribution is 4.09. The first kappa shape index (κ1) is 12.5. The Morgan fingerprint density at radius 2 is 1.20 bits per heavy atom. The van der Waals surface area contributed by atoms with E-state index in [1.54, 1.807) is 6.92 Å². The molecule has 0 bridgehead atoms. The molecule has 0 saturated carbocycles. The second-order valence-corrected chi connectivity index (χ2v) is 1.10. The predicted octanol–water partition coefficient (Wildman–Crippen LogP) is -1.12. The lowest BCUT2D eigenvalue weighted by Crippen LogP contribution is -2.14. The lowest BCUT2D eigenvalue weighted by molar-refractivity contribution is -0.247. The maximum Gasteiger partial charge on any atom is 0.152 e. The molecule has 0 aromatic rings. The van der Waals surface area contributed by atoms with Gasteiger partial charge in [0, 0.05) is 6.61 Å². The Balaban J connectivity index is 0. The second kappa shape index (κ2) is 15.9. The third-order valence-electron chi connectivity index (χ3n) is 0.333. The Labute approximate surface area is 59.8 Å². The molecule has 1 saturated heterocycles. The van der Waals surface area contributed by atoms with Gasteiger partial charge in [0.2, 0.25) is 0 Å². The number of ether oxygens (including phenoxy) is 2. The molecule has 0 amide bonds. The summed E-state index contributed by atoms with van der Waals surface area (Å²) >= 11 is 0. The zero-order chi connectivity index (χ0) is 8.24. The molecule has 5 nitrogen and oxygen atoms in total. The van der Waals surface area contributed by atoms with Crippen LogP contribution in [0, 0.1) is 0 Å². The zero-order valence-electron chi connectivity index (χ0n) is 5.99. The van der Waals surface area contributed by atoms with Crippen LogP contribution >= 0.6 is 0 Å². The van der Waals surface area contributed by atoms with Crippen LogP contribution in [0.3, 0.4) is 0 Å². The summed E-state index contributed by atoms with van der Waals surface area (Å²) in [5, 5.41) is 21.8. The van der Waals surface area contributed by atoms with Crippen molar-refractivity contribution in [3.8, 4) is 0 Å². The largest absolute Gasteiger partial charge is 0.397 e. The van der Waals surface area contributed by atoms with Crippen LogP contribution in [0.25, 0.3) is 0 Å². The molecule has 3 N–H and O–H groups in total. The Morgan fingerprint density at radius 1 is 1.10 bits per heavy atom. The van der Waals surface area contributed by atoms with E-state index < -0.39 is 6.79 Å². The van der Waals surface area contributed by atoms with Gasteiger partial charge in [-0.1, -0.05) is 0 Å². The monoisotopic (exact) mass is 154 g/mol. The highest BCUT2D eigenvalue weighted by Gasteiger charge is 1.93. The minimum atomic E-state index is -0.750. The average Bonchev–Trinajstić information content (AvgIpc) is 1.62. The zero-order valence-corrected chi connectivity index (χ0v) is 5.99. The molecule has 0 aliphatic carbocycles. The number of hydrogen-bond donors (Lipinski definition) is 3.